The van der Waals surface area contributed by atoms with Crippen molar-refractivity contribution in [3.8, 4) is 11.5 Å². The highest BCUT2D eigenvalue weighted by atomic mass is 32.2. The zero-order valence-corrected chi connectivity index (χ0v) is 17.5. The van der Waals surface area contributed by atoms with Crippen LogP contribution in [0.15, 0.2) is 53.6 Å². The van der Waals surface area contributed by atoms with Gasteiger partial charge in [0.15, 0.2) is 0 Å². The summed E-state index contributed by atoms with van der Waals surface area (Å²) in [4.78, 5) is 3.02. The minimum Gasteiger partial charge on any atom is -0.497 e. The summed E-state index contributed by atoms with van der Waals surface area (Å²) >= 11 is 0. The van der Waals surface area contributed by atoms with Crippen molar-refractivity contribution in [2.45, 2.75) is 30.0 Å². The number of ether oxygens (including phenoxy) is 2. The Hall–Kier alpha value is -2.72. The highest BCUT2D eigenvalue weighted by Gasteiger charge is 2.33. The van der Waals surface area contributed by atoms with Crippen LogP contribution < -0.4 is 9.47 Å². The lowest BCUT2D eigenvalue weighted by Gasteiger charge is -2.31. The molecule has 1 aliphatic rings. The lowest BCUT2D eigenvalue weighted by molar-refractivity contribution is -0.274. The average molecular weight is 454 g/mol. The fourth-order valence-electron chi connectivity index (χ4n) is 3.97. The molecule has 0 unspecified atom stereocenters. The molecule has 6 nitrogen and oxygen atoms in total. The van der Waals surface area contributed by atoms with Crippen LogP contribution in [0.1, 0.15) is 24.3 Å². The van der Waals surface area contributed by atoms with Crippen LogP contribution in [0.2, 0.25) is 0 Å². The second kappa shape index (κ2) is 8.08. The molecular formula is C21H21F3N2O4S. The largest absolute Gasteiger partial charge is 0.573 e. The molecule has 2 aromatic carbocycles. The molecule has 0 bridgehead atoms. The topological polar surface area (TPSA) is 71.6 Å². The number of hydrogen-bond donors (Lipinski definition) is 1. The van der Waals surface area contributed by atoms with E-state index in [1.54, 1.807) is 7.11 Å². The number of hydrogen-bond acceptors (Lipinski definition) is 4. The van der Waals surface area contributed by atoms with Gasteiger partial charge < -0.3 is 14.5 Å². The third-order valence-corrected chi connectivity index (χ3v) is 7.39. The third-order valence-electron chi connectivity index (χ3n) is 5.49. The number of fused-ring (bicyclic) bond motifs is 1. The van der Waals surface area contributed by atoms with Gasteiger partial charge in [0.1, 0.15) is 11.5 Å². The van der Waals surface area contributed by atoms with Crippen molar-refractivity contribution in [2.75, 3.05) is 20.2 Å². The molecule has 0 radical (unpaired) electrons. The summed E-state index contributed by atoms with van der Waals surface area (Å²) in [6.45, 7) is 0.544. The third kappa shape index (κ3) is 4.49. The highest BCUT2D eigenvalue weighted by Crippen LogP contribution is 2.36. The predicted octanol–water partition coefficient (Wildman–Crippen LogP) is 4.64. The number of piperidine rings is 1. The smallest absolute Gasteiger partial charge is 0.497 e. The van der Waals surface area contributed by atoms with Gasteiger partial charge in [-0.1, -0.05) is 6.07 Å². The van der Waals surface area contributed by atoms with E-state index in [2.05, 4.69) is 9.72 Å². The predicted molar refractivity (Wildman–Crippen MR) is 109 cm³/mol. The van der Waals surface area contributed by atoms with Gasteiger partial charge in [-0.3, -0.25) is 0 Å². The molecule has 1 N–H and O–H groups in total. The first-order valence-corrected chi connectivity index (χ1v) is 11.1. The number of sulfonamides is 1. The van der Waals surface area contributed by atoms with Crippen LogP contribution in [-0.2, 0) is 10.0 Å². The quantitative estimate of drug-likeness (QED) is 0.610. The number of aromatic nitrogens is 1. The van der Waals surface area contributed by atoms with E-state index in [0.29, 0.717) is 12.8 Å². The zero-order valence-electron chi connectivity index (χ0n) is 16.6. The molecule has 0 aliphatic carbocycles. The first-order valence-electron chi connectivity index (χ1n) is 9.68. The van der Waals surface area contributed by atoms with E-state index in [0.717, 1.165) is 34.3 Å². The van der Waals surface area contributed by atoms with Crippen LogP contribution in [-0.4, -0.2) is 44.3 Å². The van der Waals surface area contributed by atoms with Crippen molar-refractivity contribution in [3.63, 3.8) is 0 Å². The normalized spacial score (nSPS) is 16.5. The molecule has 0 saturated carbocycles. The molecular weight excluding hydrogens is 433 g/mol. The summed E-state index contributed by atoms with van der Waals surface area (Å²) in [6, 6.07) is 10.2. The average Bonchev–Trinajstić information content (AvgIpc) is 3.16. The monoisotopic (exact) mass is 454 g/mol. The summed E-state index contributed by atoms with van der Waals surface area (Å²) in [5.74, 6) is 0.345. The van der Waals surface area contributed by atoms with Crippen molar-refractivity contribution in [3.05, 3.63) is 54.2 Å². The first-order chi connectivity index (χ1) is 14.7. The Balaban J connectivity index is 1.50. The van der Waals surface area contributed by atoms with Crippen molar-refractivity contribution in [2.24, 2.45) is 0 Å². The van der Waals surface area contributed by atoms with Gasteiger partial charge in [-0.05, 0) is 54.7 Å². The summed E-state index contributed by atoms with van der Waals surface area (Å²) in [7, 11) is -2.32. The number of benzene rings is 2. The Morgan fingerprint density at radius 2 is 1.81 bits per heavy atom. The van der Waals surface area contributed by atoms with Crippen molar-refractivity contribution in [1.82, 2.24) is 9.29 Å². The van der Waals surface area contributed by atoms with Crippen molar-refractivity contribution in [1.29, 1.82) is 0 Å². The summed E-state index contributed by atoms with van der Waals surface area (Å²) in [5.41, 5.74) is 2.08. The Morgan fingerprint density at radius 1 is 1.06 bits per heavy atom. The highest BCUT2D eigenvalue weighted by molar-refractivity contribution is 7.89. The van der Waals surface area contributed by atoms with Gasteiger partial charge in [-0.25, -0.2) is 8.42 Å². The van der Waals surface area contributed by atoms with E-state index in [-0.39, 0.29) is 23.9 Å². The molecule has 1 saturated heterocycles. The Labute approximate surface area is 177 Å². The van der Waals surface area contributed by atoms with E-state index in [4.69, 9.17) is 4.74 Å². The minimum atomic E-state index is -4.89. The van der Waals surface area contributed by atoms with Gasteiger partial charge >= 0.3 is 6.36 Å². The molecule has 1 aliphatic heterocycles. The molecule has 3 aromatic rings. The molecule has 2 heterocycles. The molecule has 10 heteroatoms. The minimum absolute atomic E-state index is 0.159. The number of rotatable bonds is 5. The number of H-pyrrole nitrogens is 1. The molecule has 166 valence electrons. The molecule has 1 fully saturated rings. The standard InChI is InChI=1S/C21H21F3N2O4S/c1-29-15-5-6-20-18(12-15)19(13-25-20)14-7-9-26(10-8-14)31(27,28)17-4-2-3-16(11-17)30-21(22,23)24/h2-6,11-14,25H,7-10H2,1H3. The Morgan fingerprint density at radius 3 is 2.48 bits per heavy atom. The molecule has 0 atom stereocenters. The van der Waals surface area contributed by atoms with E-state index in [1.807, 2.05) is 24.4 Å². The van der Waals surface area contributed by atoms with Crippen LogP contribution in [0.25, 0.3) is 10.9 Å². The molecule has 1 aromatic heterocycles. The maximum Gasteiger partial charge on any atom is 0.573 e. The number of alkyl halides is 3. The fraction of sp³-hybridized carbons (Fsp3) is 0.333. The van der Waals surface area contributed by atoms with Crippen LogP contribution in [0.5, 0.6) is 11.5 Å². The first kappa shape index (κ1) is 21.5. The summed E-state index contributed by atoms with van der Waals surface area (Å²) < 4.78 is 73.8. The zero-order chi connectivity index (χ0) is 22.2. The fourth-order valence-corrected chi connectivity index (χ4v) is 5.48. The van der Waals surface area contributed by atoms with Crippen LogP contribution in [0.4, 0.5) is 13.2 Å². The number of nitrogens with one attached hydrogen (secondary N) is 1. The SMILES string of the molecule is COc1ccc2[nH]cc(C3CCN(S(=O)(=O)c4cccc(OC(F)(F)F)c4)CC3)c2c1. The second-order valence-corrected chi connectivity index (χ2v) is 9.29. The lowest BCUT2D eigenvalue weighted by atomic mass is 9.90. The van der Waals surface area contributed by atoms with Crippen molar-refractivity contribution < 1.29 is 31.1 Å². The molecule has 4 rings (SSSR count). The van der Waals surface area contributed by atoms with Gasteiger partial charge in [0.05, 0.1) is 12.0 Å². The molecule has 0 spiro atoms. The van der Waals surface area contributed by atoms with E-state index in [1.165, 1.54) is 16.4 Å². The number of aromatic amines is 1. The van der Waals surface area contributed by atoms with Crippen LogP contribution in [0.3, 0.4) is 0 Å². The van der Waals surface area contributed by atoms with Gasteiger partial charge in [0, 0.05) is 36.3 Å². The van der Waals surface area contributed by atoms with Crippen molar-refractivity contribution >= 4 is 20.9 Å². The van der Waals surface area contributed by atoms with Crippen LogP contribution >= 0.6 is 0 Å². The van der Waals surface area contributed by atoms with Gasteiger partial charge in [0.2, 0.25) is 10.0 Å². The second-order valence-electron chi connectivity index (χ2n) is 7.36. The van der Waals surface area contributed by atoms with Gasteiger partial charge in [0.25, 0.3) is 0 Å². The number of methoxy groups -OCH3 is 1. The van der Waals surface area contributed by atoms with Gasteiger partial charge in [-0.2, -0.15) is 4.31 Å². The van der Waals surface area contributed by atoms with Gasteiger partial charge in [-0.15, -0.1) is 13.2 Å². The summed E-state index contributed by atoms with van der Waals surface area (Å²) in [5, 5.41) is 1.04. The van der Waals surface area contributed by atoms with Crippen LogP contribution in [0, 0.1) is 0 Å². The van der Waals surface area contributed by atoms with E-state index in [9.17, 15) is 21.6 Å². The van der Waals surface area contributed by atoms with E-state index < -0.39 is 22.1 Å². The molecule has 31 heavy (non-hydrogen) atoms. The Kier molecular flexibility index (Phi) is 5.61. The van der Waals surface area contributed by atoms with E-state index >= 15 is 0 Å². The maximum absolute atomic E-state index is 13.0. The number of nitrogens with zero attached hydrogens (tertiary/aromatic N) is 1. The lowest BCUT2D eigenvalue weighted by Crippen LogP contribution is -2.37. The Bertz CT molecular complexity index is 1180. The number of halogens is 3. The molecule has 0 amide bonds. The maximum atomic E-state index is 13.0. The summed E-state index contributed by atoms with van der Waals surface area (Å²) in [6.07, 6.45) is -1.75.